The van der Waals surface area contributed by atoms with E-state index in [1.54, 1.807) is 16.8 Å². The van der Waals surface area contributed by atoms with Gasteiger partial charge in [0.25, 0.3) is 0 Å². The minimum atomic E-state index is -0.544. The van der Waals surface area contributed by atoms with Crippen LogP contribution in [0.5, 0.6) is 5.75 Å². The minimum absolute atomic E-state index is 0.418. The maximum Gasteiger partial charge on any atom is 0.338 e. The number of aryl methyl sites for hydroxylation is 1. The number of anilines is 1. The summed E-state index contributed by atoms with van der Waals surface area (Å²) in [6.07, 6.45) is 1.45. The molecule has 4 aromatic rings. The van der Waals surface area contributed by atoms with Gasteiger partial charge >= 0.3 is 5.97 Å². The summed E-state index contributed by atoms with van der Waals surface area (Å²) < 4.78 is 12.8. The van der Waals surface area contributed by atoms with Crippen molar-refractivity contribution in [1.82, 2.24) is 14.8 Å². The summed E-state index contributed by atoms with van der Waals surface area (Å²) in [5.41, 5.74) is 4.93. The first kappa shape index (κ1) is 22.7. The summed E-state index contributed by atoms with van der Waals surface area (Å²) in [6.45, 7) is 2.52. The van der Waals surface area contributed by atoms with E-state index in [0.29, 0.717) is 28.8 Å². The van der Waals surface area contributed by atoms with Gasteiger partial charge in [-0.1, -0.05) is 65.7 Å². The molecule has 7 nitrogen and oxygen atoms in total. The number of hydrogen-bond acceptors (Lipinski definition) is 6. The largest absolute Gasteiger partial charge is 0.489 e. The number of esters is 1. The normalized spacial score (nSPS) is 14.8. The zero-order chi connectivity index (χ0) is 24.4. The van der Waals surface area contributed by atoms with Gasteiger partial charge in [-0.2, -0.15) is 10.1 Å². The Balaban J connectivity index is 1.51. The van der Waals surface area contributed by atoms with Crippen LogP contribution in [-0.2, 0) is 16.1 Å². The third-order valence-corrected chi connectivity index (χ3v) is 6.07. The Morgan fingerprint density at radius 2 is 1.86 bits per heavy atom. The molecule has 1 aliphatic heterocycles. The summed E-state index contributed by atoms with van der Waals surface area (Å²) in [7, 11) is 1.37. The van der Waals surface area contributed by atoms with Crippen LogP contribution < -0.4 is 10.1 Å². The lowest BCUT2D eigenvalue weighted by molar-refractivity contribution is -0.136. The molecule has 0 amide bonds. The van der Waals surface area contributed by atoms with Crippen molar-refractivity contribution < 1.29 is 14.3 Å². The van der Waals surface area contributed by atoms with E-state index in [1.807, 2.05) is 48.5 Å². The molecule has 1 atom stereocenters. The molecular weight excluding hydrogens is 464 g/mol. The van der Waals surface area contributed by atoms with E-state index in [9.17, 15) is 4.79 Å². The van der Waals surface area contributed by atoms with Crippen LogP contribution in [0.25, 0.3) is 5.70 Å². The van der Waals surface area contributed by atoms with Gasteiger partial charge in [-0.3, -0.25) is 0 Å². The van der Waals surface area contributed by atoms with Crippen molar-refractivity contribution in [3.05, 3.63) is 112 Å². The third-order valence-electron chi connectivity index (χ3n) is 5.82. The molecule has 3 aromatic carbocycles. The smallest absolute Gasteiger partial charge is 0.338 e. The molecule has 1 aliphatic rings. The lowest BCUT2D eigenvalue weighted by Gasteiger charge is -2.29. The summed E-state index contributed by atoms with van der Waals surface area (Å²) in [5.74, 6) is 0.783. The number of aromatic nitrogens is 3. The van der Waals surface area contributed by atoms with Crippen molar-refractivity contribution in [2.45, 2.75) is 19.6 Å². The molecule has 8 heteroatoms. The zero-order valence-electron chi connectivity index (χ0n) is 19.2. The topological polar surface area (TPSA) is 78.3 Å². The van der Waals surface area contributed by atoms with E-state index in [2.05, 4.69) is 34.5 Å². The minimum Gasteiger partial charge on any atom is -0.489 e. The van der Waals surface area contributed by atoms with Crippen LogP contribution in [-0.4, -0.2) is 27.8 Å². The van der Waals surface area contributed by atoms with Gasteiger partial charge < -0.3 is 14.8 Å². The number of benzene rings is 3. The fourth-order valence-corrected chi connectivity index (χ4v) is 4.28. The van der Waals surface area contributed by atoms with Crippen LogP contribution in [0.1, 0.15) is 28.3 Å². The maximum absolute atomic E-state index is 13.1. The van der Waals surface area contributed by atoms with Crippen molar-refractivity contribution in [2.75, 3.05) is 12.4 Å². The molecule has 5 rings (SSSR count). The first-order chi connectivity index (χ1) is 17.0. The van der Waals surface area contributed by atoms with Gasteiger partial charge in [0, 0.05) is 5.02 Å². The Bertz CT molecular complexity index is 1390. The van der Waals surface area contributed by atoms with Crippen molar-refractivity contribution >= 4 is 29.2 Å². The van der Waals surface area contributed by atoms with Gasteiger partial charge in [-0.25, -0.2) is 9.48 Å². The highest BCUT2D eigenvalue weighted by Crippen LogP contribution is 2.39. The number of hydrogen-bond donors (Lipinski definition) is 1. The van der Waals surface area contributed by atoms with Gasteiger partial charge in [-0.05, 0) is 47.9 Å². The predicted octanol–water partition coefficient (Wildman–Crippen LogP) is 5.42. The van der Waals surface area contributed by atoms with Gasteiger partial charge in [0.1, 0.15) is 24.7 Å². The Hall–Kier alpha value is -4.10. The number of fused-ring (bicyclic) bond motifs is 1. The van der Waals surface area contributed by atoms with E-state index in [1.165, 1.54) is 19.0 Å². The van der Waals surface area contributed by atoms with Crippen LogP contribution in [0.4, 0.5) is 5.95 Å². The van der Waals surface area contributed by atoms with Crippen LogP contribution in [0.15, 0.2) is 84.7 Å². The van der Waals surface area contributed by atoms with Crippen molar-refractivity contribution in [3.8, 4) is 5.75 Å². The highest BCUT2D eigenvalue weighted by Gasteiger charge is 2.36. The van der Waals surface area contributed by atoms with Crippen molar-refractivity contribution in [3.63, 3.8) is 0 Å². The maximum atomic E-state index is 13.1. The Labute approximate surface area is 208 Å². The first-order valence-electron chi connectivity index (χ1n) is 11.1. The molecule has 0 fully saturated rings. The molecule has 0 radical (unpaired) electrons. The second-order valence-corrected chi connectivity index (χ2v) is 8.63. The average molecular weight is 487 g/mol. The lowest BCUT2D eigenvalue weighted by Crippen LogP contribution is -2.29. The monoisotopic (exact) mass is 486 g/mol. The van der Waals surface area contributed by atoms with Gasteiger partial charge in [0.2, 0.25) is 5.95 Å². The number of nitrogens with zero attached hydrogens (tertiary/aromatic N) is 3. The molecule has 176 valence electrons. The lowest BCUT2D eigenvalue weighted by atomic mass is 9.93. The third kappa shape index (κ3) is 4.63. The molecule has 1 N–H and O–H groups in total. The average Bonchev–Trinajstić information content (AvgIpc) is 3.35. The highest BCUT2D eigenvalue weighted by molar-refractivity contribution is 6.30. The second-order valence-electron chi connectivity index (χ2n) is 8.19. The number of carbonyl (C=O) groups is 1. The molecule has 0 spiro atoms. The number of ether oxygens (including phenoxy) is 2. The number of methoxy groups -OCH3 is 1. The molecule has 0 saturated heterocycles. The standard InChI is InChI=1S/C27H23ClN4O3/c1-17-4-3-5-18(14-17)15-35-22-12-8-20(9-13-22)25-23(26(33)34-2)24(19-6-10-21(28)11-7-19)31-27-29-16-30-32(25)27/h3-14,16,25H,15H2,1-2H3,(H,29,30,31)/t25-/m1/s1. The number of rotatable bonds is 6. The van der Waals surface area contributed by atoms with E-state index in [4.69, 9.17) is 21.1 Å². The summed E-state index contributed by atoms with van der Waals surface area (Å²) in [4.78, 5) is 17.4. The van der Waals surface area contributed by atoms with E-state index >= 15 is 0 Å². The van der Waals surface area contributed by atoms with Crippen LogP contribution in [0, 0.1) is 6.92 Å². The first-order valence-corrected chi connectivity index (χ1v) is 11.4. The molecule has 0 saturated carbocycles. The van der Waals surface area contributed by atoms with Crippen LogP contribution in [0.3, 0.4) is 0 Å². The van der Waals surface area contributed by atoms with Crippen molar-refractivity contribution in [2.24, 2.45) is 0 Å². The summed E-state index contributed by atoms with van der Waals surface area (Å²) in [6, 6.07) is 22.5. The summed E-state index contributed by atoms with van der Waals surface area (Å²) >= 11 is 6.09. The SMILES string of the molecule is COC(=O)C1=C(c2ccc(Cl)cc2)Nc2ncnn2[C@@H]1c1ccc(OCc2cccc(C)c2)cc1. The molecule has 1 aromatic heterocycles. The Morgan fingerprint density at radius 1 is 1.09 bits per heavy atom. The molecule has 0 aliphatic carbocycles. The predicted molar refractivity (Wildman–Crippen MR) is 134 cm³/mol. The molecule has 2 heterocycles. The second kappa shape index (κ2) is 9.64. The van der Waals surface area contributed by atoms with Crippen molar-refractivity contribution in [1.29, 1.82) is 0 Å². The molecule has 35 heavy (non-hydrogen) atoms. The zero-order valence-corrected chi connectivity index (χ0v) is 20.0. The number of carbonyl (C=O) groups excluding carboxylic acids is 1. The molecule has 0 unspecified atom stereocenters. The van der Waals surface area contributed by atoms with E-state index < -0.39 is 12.0 Å². The van der Waals surface area contributed by atoms with Gasteiger partial charge in [0.15, 0.2) is 0 Å². The molecule has 0 bridgehead atoms. The fourth-order valence-electron chi connectivity index (χ4n) is 4.16. The van der Waals surface area contributed by atoms with Gasteiger partial charge in [-0.15, -0.1) is 0 Å². The number of nitrogens with one attached hydrogen (secondary N) is 1. The molecular formula is C27H23ClN4O3. The number of halogens is 1. The van der Waals surface area contributed by atoms with Crippen LogP contribution >= 0.6 is 11.6 Å². The van der Waals surface area contributed by atoms with Crippen LogP contribution in [0.2, 0.25) is 5.02 Å². The van der Waals surface area contributed by atoms with E-state index in [0.717, 1.165) is 22.4 Å². The van der Waals surface area contributed by atoms with Gasteiger partial charge in [0.05, 0.1) is 18.4 Å². The summed E-state index contributed by atoms with van der Waals surface area (Å²) in [5, 5.41) is 8.21. The Kier molecular flexibility index (Phi) is 6.25. The highest BCUT2D eigenvalue weighted by atomic mass is 35.5. The Morgan fingerprint density at radius 3 is 2.57 bits per heavy atom. The van der Waals surface area contributed by atoms with E-state index in [-0.39, 0.29) is 0 Å². The fraction of sp³-hybridized carbons (Fsp3) is 0.148. The quantitative estimate of drug-likeness (QED) is 0.367.